The van der Waals surface area contributed by atoms with Gasteiger partial charge in [0, 0.05) is 24.2 Å². The number of rotatable bonds is 11. The quantitative estimate of drug-likeness (QED) is 0.290. The zero-order valence-corrected chi connectivity index (χ0v) is 19.9. The van der Waals surface area contributed by atoms with Gasteiger partial charge in [-0.1, -0.05) is 35.8 Å². The Hall–Kier alpha value is -3.50. The standard InChI is InChI=1S/C24H24N4O4S2/c29-24(18-12-14-20(15-13-18)34(30,31)28-19-8-3-1-4-9-19)25-16-6-2-5-11-22-26-23(27-32-22)21-10-7-17-33-21/h1,3-4,7-10,12-15,17,28H,2,5-6,11,16H2,(H,25,29). The summed E-state index contributed by atoms with van der Waals surface area (Å²) in [5.74, 6) is 0.994. The first-order chi connectivity index (χ1) is 16.5. The summed E-state index contributed by atoms with van der Waals surface area (Å²) in [5, 5.41) is 8.83. The van der Waals surface area contributed by atoms with Gasteiger partial charge in [0.25, 0.3) is 15.9 Å². The molecule has 34 heavy (non-hydrogen) atoms. The Balaban J connectivity index is 1.18. The van der Waals surface area contributed by atoms with Crippen molar-refractivity contribution in [2.45, 2.75) is 30.6 Å². The van der Waals surface area contributed by atoms with Crippen molar-refractivity contribution >= 4 is 33.0 Å². The molecule has 176 valence electrons. The predicted octanol–water partition coefficient (Wildman–Crippen LogP) is 4.74. The lowest BCUT2D eigenvalue weighted by Crippen LogP contribution is -2.24. The second-order valence-electron chi connectivity index (χ2n) is 7.55. The predicted molar refractivity (Wildman–Crippen MR) is 131 cm³/mol. The fourth-order valence-electron chi connectivity index (χ4n) is 3.25. The molecule has 0 saturated heterocycles. The number of nitrogens with one attached hydrogen (secondary N) is 2. The molecule has 2 aromatic heterocycles. The molecule has 0 aliphatic carbocycles. The number of hydrogen-bond acceptors (Lipinski definition) is 7. The summed E-state index contributed by atoms with van der Waals surface area (Å²) < 4.78 is 32.8. The van der Waals surface area contributed by atoms with Crippen LogP contribution >= 0.6 is 11.3 Å². The maximum Gasteiger partial charge on any atom is 0.261 e. The molecule has 0 radical (unpaired) electrons. The van der Waals surface area contributed by atoms with E-state index in [0.29, 0.717) is 35.9 Å². The first-order valence-corrected chi connectivity index (χ1v) is 13.2. The van der Waals surface area contributed by atoms with Crippen LogP contribution in [0, 0.1) is 0 Å². The van der Waals surface area contributed by atoms with Crippen molar-refractivity contribution in [3.05, 3.63) is 83.6 Å². The number of thiophene rings is 1. The zero-order chi connectivity index (χ0) is 23.8. The first-order valence-electron chi connectivity index (χ1n) is 10.8. The second-order valence-corrected chi connectivity index (χ2v) is 10.2. The number of benzene rings is 2. The number of unbranched alkanes of at least 4 members (excludes halogenated alkanes) is 2. The molecule has 10 heteroatoms. The summed E-state index contributed by atoms with van der Waals surface area (Å²) in [7, 11) is -3.72. The van der Waals surface area contributed by atoms with Crippen molar-refractivity contribution in [3.8, 4) is 10.7 Å². The number of sulfonamides is 1. The summed E-state index contributed by atoms with van der Waals surface area (Å²) in [6.07, 6.45) is 3.28. The lowest BCUT2D eigenvalue weighted by molar-refractivity contribution is 0.0953. The molecule has 8 nitrogen and oxygen atoms in total. The van der Waals surface area contributed by atoms with Crippen LogP contribution in [0.3, 0.4) is 0 Å². The third-order valence-corrected chi connectivity index (χ3v) is 7.28. The van der Waals surface area contributed by atoms with Crippen LogP contribution in [0.4, 0.5) is 5.69 Å². The number of para-hydroxylation sites is 1. The smallest absolute Gasteiger partial charge is 0.261 e. The van der Waals surface area contributed by atoms with E-state index in [1.165, 1.54) is 24.3 Å². The number of aromatic nitrogens is 2. The zero-order valence-electron chi connectivity index (χ0n) is 18.3. The molecule has 0 unspecified atom stereocenters. The van der Waals surface area contributed by atoms with Gasteiger partial charge in [-0.2, -0.15) is 4.98 Å². The summed E-state index contributed by atoms with van der Waals surface area (Å²) in [4.78, 5) is 17.8. The average Bonchev–Trinajstić information content (AvgIpc) is 3.54. The molecular weight excluding hydrogens is 472 g/mol. The van der Waals surface area contributed by atoms with Gasteiger partial charge in [-0.05, 0) is 60.7 Å². The Morgan fingerprint density at radius 1 is 0.941 bits per heavy atom. The number of hydrogen-bond donors (Lipinski definition) is 2. The van der Waals surface area contributed by atoms with Crippen LogP contribution in [-0.4, -0.2) is 31.0 Å². The van der Waals surface area contributed by atoms with Gasteiger partial charge in [-0.25, -0.2) is 8.42 Å². The minimum atomic E-state index is -3.72. The van der Waals surface area contributed by atoms with Crippen LogP contribution in [0.15, 0.2) is 81.5 Å². The Morgan fingerprint density at radius 3 is 2.47 bits per heavy atom. The van der Waals surface area contributed by atoms with Crippen LogP contribution in [0.1, 0.15) is 35.5 Å². The molecule has 0 bridgehead atoms. The molecule has 2 N–H and O–H groups in total. The van der Waals surface area contributed by atoms with E-state index in [-0.39, 0.29) is 10.8 Å². The van der Waals surface area contributed by atoms with Crippen molar-refractivity contribution in [1.82, 2.24) is 15.5 Å². The Labute approximate surface area is 202 Å². The van der Waals surface area contributed by atoms with E-state index in [1.54, 1.807) is 41.7 Å². The van der Waals surface area contributed by atoms with Crippen molar-refractivity contribution < 1.29 is 17.7 Å². The van der Waals surface area contributed by atoms with Crippen molar-refractivity contribution in [2.24, 2.45) is 0 Å². The van der Waals surface area contributed by atoms with Gasteiger partial charge in [0.05, 0.1) is 9.77 Å². The average molecular weight is 497 g/mol. The monoisotopic (exact) mass is 496 g/mol. The summed E-state index contributed by atoms with van der Waals surface area (Å²) in [5.41, 5.74) is 0.886. The van der Waals surface area contributed by atoms with Gasteiger partial charge in [0.1, 0.15) is 0 Å². The topological polar surface area (TPSA) is 114 Å². The molecule has 0 saturated carbocycles. The van der Waals surface area contributed by atoms with Crippen LogP contribution in [-0.2, 0) is 16.4 Å². The number of amides is 1. The van der Waals surface area contributed by atoms with Gasteiger partial charge < -0.3 is 9.84 Å². The highest BCUT2D eigenvalue weighted by atomic mass is 32.2. The highest BCUT2D eigenvalue weighted by Crippen LogP contribution is 2.21. The number of carbonyl (C=O) groups excluding carboxylic acids is 1. The highest BCUT2D eigenvalue weighted by molar-refractivity contribution is 7.92. The minimum absolute atomic E-state index is 0.0937. The van der Waals surface area contributed by atoms with Crippen LogP contribution in [0.25, 0.3) is 10.7 Å². The van der Waals surface area contributed by atoms with E-state index in [9.17, 15) is 13.2 Å². The van der Waals surface area contributed by atoms with Crippen molar-refractivity contribution in [3.63, 3.8) is 0 Å². The van der Waals surface area contributed by atoms with Gasteiger partial charge in [0.2, 0.25) is 11.7 Å². The molecule has 0 aliphatic heterocycles. The summed E-state index contributed by atoms with van der Waals surface area (Å²) in [6.45, 7) is 0.527. The maximum absolute atomic E-state index is 12.5. The van der Waals surface area contributed by atoms with E-state index in [0.717, 1.165) is 24.1 Å². The highest BCUT2D eigenvalue weighted by Gasteiger charge is 2.15. The van der Waals surface area contributed by atoms with Gasteiger partial charge >= 0.3 is 0 Å². The van der Waals surface area contributed by atoms with Gasteiger partial charge in [-0.15, -0.1) is 11.3 Å². The van der Waals surface area contributed by atoms with E-state index in [1.807, 2.05) is 17.5 Å². The number of aryl methyl sites for hydroxylation is 1. The van der Waals surface area contributed by atoms with E-state index >= 15 is 0 Å². The lowest BCUT2D eigenvalue weighted by Gasteiger charge is -2.09. The summed E-state index contributed by atoms with van der Waals surface area (Å²) in [6, 6.07) is 18.4. The largest absolute Gasteiger partial charge is 0.352 e. The first kappa shape index (κ1) is 23.7. The molecule has 0 fully saturated rings. The van der Waals surface area contributed by atoms with Crippen molar-refractivity contribution in [1.29, 1.82) is 0 Å². The molecule has 1 amide bonds. The van der Waals surface area contributed by atoms with E-state index in [2.05, 4.69) is 20.2 Å². The fraction of sp³-hybridized carbons (Fsp3) is 0.208. The third-order valence-electron chi connectivity index (χ3n) is 5.02. The lowest BCUT2D eigenvalue weighted by atomic mass is 10.2. The number of carbonyl (C=O) groups is 1. The second kappa shape index (κ2) is 11.1. The molecule has 4 rings (SSSR count). The maximum atomic E-state index is 12.5. The third kappa shape index (κ3) is 6.30. The molecule has 0 spiro atoms. The number of nitrogens with zero attached hydrogens (tertiary/aromatic N) is 2. The Bertz CT molecular complexity index is 1300. The van der Waals surface area contributed by atoms with Gasteiger partial charge in [0.15, 0.2) is 0 Å². The number of anilines is 1. The molecule has 0 atom stereocenters. The SMILES string of the molecule is O=C(NCCCCCc1nc(-c2cccs2)no1)c1ccc(S(=O)(=O)Nc2ccccc2)cc1. The van der Waals surface area contributed by atoms with Crippen LogP contribution in [0.5, 0.6) is 0 Å². The fourth-order valence-corrected chi connectivity index (χ4v) is 4.96. The Morgan fingerprint density at radius 2 is 1.74 bits per heavy atom. The minimum Gasteiger partial charge on any atom is -0.352 e. The molecule has 0 aliphatic rings. The van der Waals surface area contributed by atoms with E-state index in [4.69, 9.17) is 4.52 Å². The normalized spacial score (nSPS) is 11.3. The summed E-state index contributed by atoms with van der Waals surface area (Å²) >= 11 is 1.57. The molecule has 2 aromatic carbocycles. The molecular formula is C24H24N4O4S2. The van der Waals surface area contributed by atoms with Crippen LogP contribution in [0.2, 0.25) is 0 Å². The van der Waals surface area contributed by atoms with Crippen molar-refractivity contribution in [2.75, 3.05) is 11.3 Å². The van der Waals surface area contributed by atoms with E-state index < -0.39 is 10.0 Å². The Kier molecular flexibility index (Phi) is 7.71. The van der Waals surface area contributed by atoms with Gasteiger partial charge in [-0.3, -0.25) is 9.52 Å². The molecule has 2 heterocycles. The van der Waals surface area contributed by atoms with Crippen LogP contribution < -0.4 is 10.0 Å². The molecule has 4 aromatic rings.